The molecule has 0 aliphatic carbocycles. The zero-order valence-electron chi connectivity index (χ0n) is 19.6. The molecule has 1 aliphatic rings. The average Bonchev–Trinajstić information content (AvgIpc) is 3.13. The number of amides is 2. The molecule has 2 amide bonds. The Morgan fingerprint density at radius 2 is 1.83 bits per heavy atom. The lowest BCUT2D eigenvalue weighted by Crippen LogP contribution is -2.54. The molecule has 8 nitrogen and oxygen atoms in total. The molecule has 2 N–H and O–H groups in total. The van der Waals surface area contributed by atoms with Gasteiger partial charge in [-0.15, -0.1) is 0 Å². The molecule has 9 heteroatoms. The minimum absolute atomic E-state index is 0.00464. The standard InChI is InChI=1S/C27H23N3O5S/c1-4-12-35-22-10-8-20(9-11-22)29-16(2)13-19(17(29)3)15-23-24(31)28-27(36)30(25(23)32)21-7-5-6-18(14-21)26(33)34/h4-11,13-15H,1,12H2,2-3H3,(H,33,34)(H,28,31,36). The number of benzene rings is 2. The fraction of sp³-hybridized carbons (Fsp3) is 0.111. The Morgan fingerprint density at radius 3 is 2.50 bits per heavy atom. The molecule has 1 fully saturated rings. The summed E-state index contributed by atoms with van der Waals surface area (Å²) in [5.41, 5.74) is 3.45. The highest BCUT2D eigenvalue weighted by Crippen LogP contribution is 2.27. The molecule has 0 atom stereocenters. The van der Waals surface area contributed by atoms with Gasteiger partial charge in [0.15, 0.2) is 5.11 Å². The van der Waals surface area contributed by atoms with E-state index in [0.717, 1.165) is 27.7 Å². The van der Waals surface area contributed by atoms with Crippen LogP contribution in [0.2, 0.25) is 0 Å². The predicted octanol–water partition coefficient (Wildman–Crippen LogP) is 4.19. The molecule has 182 valence electrons. The Hall–Kier alpha value is -4.50. The first-order valence-electron chi connectivity index (χ1n) is 11.0. The van der Waals surface area contributed by atoms with Gasteiger partial charge in [0.2, 0.25) is 0 Å². The third-order valence-corrected chi connectivity index (χ3v) is 5.97. The monoisotopic (exact) mass is 501 g/mol. The van der Waals surface area contributed by atoms with Crippen molar-refractivity contribution in [2.24, 2.45) is 0 Å². The average molecular weight is 502 g/mol. The van der Waals surface area contributed by atoms with Gasteiger partial charge in [-0.25, -0.2) is 4.79 Å². The Labute approximate surface area is 213 Å². The second-order valence-electron chi connectivity index (χ2n) is 8.07. The Kier molecular flexibility index (Phi) is 6.84. The second-order valence-corrected chi connectivity index (χ2v) is 8.46. The summed E-state index contributed by atoms with van der Waals surface area (Å²) in [7, 11) is 0. The van der Waals surface area contributed by atoms with E-state index in [1.165, 1.54) is 24.3 Å². The first-order valence-corrected chi connectivity index (χ1v) is 11.4. The van der Waals surface area contributed by atoms with Crippen LogP contribution in [-0.2, 0) is 9.59 Å². The van der Waals surface area contributed by atoms with Gasteiger partial charge in [0.05, 0.1) is 11.3 Å². The maximum Gasteiger partial charge on any atom is 0.335 e. The number of hydrogen-bond acceptors (Lipinski definition) is 5. The molecule has 1 saturated heterocycles. The molecule has 3 aromatic rings. The molecule has 2 heterocycles. The van der Waals surface area contributed by atoms with Crippen LogP contribution in [0, 0.1) is 13.8 Å². The molecular weight excluding hydrogens is 478 g/mol. The summed E-state index contributed by atoms with van der Waals surface area (Å²) in [6, 6.07) is 15.2. The van der Waals surface area contributed by atoms with Crippen LogP contribution in [0.3, 0.4) is 0 Å². The molecule has 1 aliphatic heterocycles. The smallest absolute Gasteiger partial charge is 0.335 e. The van der Waals surface area contributed by atoms with Crippen LogP contribution >= 0.6 is 12.2 Å². The molecule has 0 saturated carbocycles. The minimum Gasteiger partial charge on any atom is -0.490 e. The second kappa shape index (κ2) is 10.0. The van der Waals surface area contributed by atoms with Crippen LogP contribution in [0.25, 0.3) is 11.8 Å². The van der Waals surface area contributed by atoms with Crippen LogP contribution in [0.1, 0.15) is 27.3 Å². The lowest BCUT2D eigenvalue weighted by atomic mass is 10.1. The lowest BCUT2D eigenvalue weighted by molar-refractivity contribution is -0.122. The molecule has 0 bridgehead atoms. The highest BCUT2D eigenvalue weighted by atomic mass is 32.1. The molecular formula is C27H23N3O5S. The van der Waals surface area contributed by atoms with Crippen molar-refractivity contribution in [1.82, 2.24) is 9.88 Å². The van der Waals surface area contributed by atoms with Crippen molar-refractivity contribution in [2.75, 3.05) is 11.5 Å². The van der Waals surface area contributed by atoms with Gasteiger partial charge < -0.3 is 14.4 Å². The van der Waals surface area contributed by atoms with Gasteiger partial charge in [-0.2, -0.15) is 0 Å². The highest BCUT2D eigenvalue weighted by molar-refractivity contribution is 7.80. The Balaban J connectivity index is 1.70. The Bertz CT molecular complexity index is 1440. The molecule has 0 spiro atoms. The highest BCUT2D eigenvalue weighted by Gasteiger charge is 2.35. The van der Waals surface area contributed by atoms with E-state index >= 15 is 0 Å². The number of aromatic nitrogens is 1. The zero-order chi connectivity index (χ0) is 26.0. The van der Waals surface area contributed by atoms with E-state index in [1.807, 2.05) is 48.7 Å². The zero-order valence-corrected chi connectivity index (χ0v) is 20.5. The van der Waals surface area contributed by atoms with Crippen LogP contribution in [-0.4, -0.2) is 39.2 Å². The summed E-state index contributed by atoms with van der Waals surface area (Å²) in [6.07, 6.45) is 3.20. The van der Waals surface area contributed by atoms with Crippen LogP contribution in [0.4, 0.5) is 5.69 Å². The van der Waals surface area contributed by atoms with Crippen molar-refractivity contribution < 1.29 is 24.2 Å². The maximum absolute atomic E-state index is 13.4. The van der Waals surface area contributed by atoms with Gasteiger partial charge in [0, 0.05) is 17.1 Å². The number of carboxylic acid groups (broad SMARTS) is 1. The maximum atomic E-state index is 13.4. The largest absolute Gasteiger partial charge is 0.490 e. The van der Waals surface area contributed by atoms with Crippen LogP contribution < -0.4 is 15.0 Å². The third-order valence-electron chi connectivity index (χ3n) is 5.69. The van der Waals surface area contributed by atoms with Crippen molar-refractivity contribution in [3.63, 3.8) is 0 Å². The predicted molar refractivity (Wildman–Crippen MR) is 141 cm³/mol. The van der Waals surface area contributed by atoms with Crippen molar-refractivity contribution in [3.8, 4) is 11.4 Å². The number of nitrogens with zero attached hydrogens (tertiary/aromatic N) is 2. The number of carbonyl (C=O) groups excluding carboxylic acids is 2. The summed E-state index contributed by atoms with van der Waals surface area (Å²) >= 11 is 5.22. The fourth-order valence-corrected chi connectivity index (χ4v) is 4.28. The number of ether oxygens (including phenoxy) is 1. The number of nitrogens with one attached hydrogen (secondary N) is 1. The van der Waals surface area contributed by atoms with Gasteiger partial charge in [-0.3, -0.25) is 19.8 Å². The van der Waals surface area contributed by atoms with Crippen molar-refractivity contribution in [1.29, 1.82) is 0 Å². The molecule has 1 aromatic heterocycles. The molecule has 4 rings (SSSR count). The SMILES string of the molecule is C=CCOc1ccc(-n2c(C)cc(C=C3C(=O)NC(=S)N(c4cccc(C(=O)O)c4)C3=O)c2C)cc1. The van der Waals surface area contributed by atoms with E-state index in [-0.39, 0.29) is 21.9 Å². The van der Waals surface area contributed by atoms with Crippen molar-refractivity contribution in [2.45, 2.75) is 13.8 Å². The van der Waals surface area contributed by atoms with Crippen LogP contribution in [0.15, 0.2) is 72.8 Å². The van der Waals surface area contributed by atoms with Gasteiger partial charge in [0.25, 0.3) is 11.8 Å². The normalized spacial score (nSPS) is 14.7. The van der Waals surface area contributed by atoms with E-state index in [2.05, 4.69) is 11.9 Å². The Morgan fingerprint density at radius 1 is 1.11 bits per heavy atom. The van der Waals surface area contributed by atoms with Gasteiger partial charge in [-0.05, 0) is 86.2 Å². The summed E-state index contributed by atoms with van der Waals surface area (Å²) < 4.78 is 7.55. The van der Waals surface area contributed by atoms with E-state index < -0.39 is 17.8 Å². The molecule has 2 aromatic carbocycles. The summed E-state index contributed by atoms with van der Waals surface area (Å²) in [6.45, 7) is 7.88. The molecule has 36 heavy (non-hydrogen) atoms. The fourth-order valence-electron chi connectivity index (χ4n) is 4.00. The first-order chi connectivity index (χ1) is 17.2. The van der Waals surface area contributed by atoms with Crippen molar-refractivity contribution >= 4 is 46.9 Å². The number of aromatic carboxylic acids is 1. The van der Waals surface area contributed by atoms with E-state index in [0.29, 0.717) is 12.2 Å². The van der Waals surface area contributed by atoms with E-state index in [4.69, 9.17) is 17.0 Å². The van der Waals surface area contributed by atoms with Gasteiger partial charge >= 0.3 is 5.97 Å². The number of anilines is 1. The van der Waals surface area contributed by atoms with E-state index in [9.17, 15) is 19.5 Å². The lowest BCUT2D eigenvalue weighted by Gasteiger charge is -2.29. The number of aryl methyl sites for hydroxylation is 1. The minimum atomic E-state index is -1.14. The quantitative estimate of drug-likeness (QED) is 0.218. The van der Waals surface area contributed by atoms with E-state index in [1.54, 1.807) is 12.1 Å². The summed E-state index contributed by atoms with van der Waals surface area (Å²) in [5, 5.41) is 11.7. The number of carboxylic acids is 1. The third kappa shape index (κ3) is 4.69. The number of hydrogen-bond donors (Lipinski definition) is 2. The molecule has 0 radical (unpaired) electrons. The summed E-state index contributed by atoms with van der Waals surface area (Å²) in [4.78, 5) is 38.6. The number of carbonyl (C=O) groups is 3. The number of rotatable bonds is 7. The first kappa shape index (κ1) is 24.6. The van der Waals surface area contributed by atoms with Crippen LogP contribution in [0.5, 0.6) is 5.75 Å². The van der Waals surface area contributed by atoms with Crippen molar-refractivity contribution in [3.05, 3.63) is 95.3 Å². The number of thiocarbonyl (C=S) groups is 1. The van der Waals surface area contributed by atoms with Gasteiger partial charge in [-0.1, -0.05) is 18.7 Å². The van der Waals surface area contributed by atoms with Gasteiger partial charge in [0.1, 0.15) is 17.9 Å². The molecule has 0 unspecified atom stereocenters. The summed E-state index contributed by atoms with van der Waals surface area (Å²) in [5.74, 6) is -1.68. The topological polar surface area (TPSA) is 101 Å².